The lowest BCUT2D eigenvalue weighted by molar-refractivity contribution is -0.143. The second kappa shape index (κ2) is 7.07. The quantitative estimate of drug-likeness (QED) is 0.665. The summed E-state index contributed by atoms with van der Waals surface area (Å²) in [7, 11) is 0. The third kappa shape index (κ3) is 4.04. The van der Waals surface area contributed by atoms with Crippen LogP contribution < -0.4 is 5.56 Å². The fourth-order valence-electron chi connectivity index (χ4n) is 2.84. The SMILES string of the molecule is CC(Cc1nc2cccnc2c(=O)n1-c1ccc(Cl)cc1)CC(F)(F)F. The van der Waals surface area contributed by atoms with Gasteiger partial charge in [-0.3, -0.25) is 9.36 Å². The number of halogens is 4. The van der Waals surface area contributed by atoms with Gasteiger partial charge >= 0.3 is 6.18 Å². The maximum absolute atomic E-state index is 12.9. The Labute approximate surface area is 152 Å². The number of rotatable bonds is 4. The van der Waals surface area contributed by atoms with Crippen LogP contribution in [0.3, 0.4) is 0 Å². The van der Waals surface area contributed by atoms with Gasteiger partial charge in [0.2, 0.25) is 0 Å². The Balaban J connectivity index is 2.15. The molecule has 0 fully saturated rings. The largest absolute Gasteiger partial charge is 0.389 e. The molecule has 3 aromatic rings. The molecule has 0 saturated heterocycles. The van der Waals surface area contributed by atoms with Crippen LogP contribution in [-0.2, 0) is 6.42 Å². The van der Waals surface area contributed by atoms with Crippen LogP contribution in [0.5, 0.6) is 0 Å². The molecule has 2 aromatic heterocycles. The highest BCUT2D eigenvalue weighted by molar-refractivity contribution is 6.30. The van der Waals surface area contributed by atoms with Crippen molar-refractivity contribution in [3.63, 3.8) is 0 Å². The zero-order valence-corrected chi connectivity index (χ0v) is 14.6. The second-order valence-corrected chi connectivity index (χ2v) is 6.58. The Morgan fingerprint density at radius 3 is 2.54 bits per heavy atom. The minimum Gasteiger partial charge on any atom is -0.266 e. The molecule has 0 aliphatic rings. The van der Waals surface area contributed by atoms with Crippen LogP contribution in [0.15, 0.2) is 47.4 Å². The molecule has 0 aliphatic heterocycles. The summed E-state index contributed by atoms with van der Waals surface area (Å²) in [6.45, 7) is 1.49. The summed E-state index contributed by atoms with van der Waals surface area (Å²) in [5, 5.41) is 0.487. The van der Waals surface area contributed by atoms with E-state index in [9.17, 15) is 18.0 Å². The highest BCUT2D eigenvalue weighted by Gasteiger charge is 2.30. The van der Waals surface area contributed by atoms with Crippen molar-refractivity contribution in [3.05, 3.63) is 63.8 Å². The van der Waals surface area contributed by atoms with Crippen LogP contribution in [0.2, 0.25) is 5.02 Å². The summed E-state index contributed by atoms with van der Waals surface area (Å²) in [4.78, 5) is 21.4. The summed E-state index contributed by atoms with van der Waals surface area (Å²) in [5.41, 5.74) is 0.576. The van der Waals surface area contributed by atoms with Crippen molar-refractivity contribution in [2.45, 2.75) is 25.9 Å². The Bertz CT molecular complexity index is 984. The fraction of sp³-hybridized carbons (Fsp3) is 0.278. The van der Waals surface area contributed by atoms with E-state index in [4.69, 9.17) is 11.6 Å². The molecule has 1 aromatic carbocycles. The van der Waals surface area contributed by atoms with Crippen LogP contribution in [0.4, 0.5) is 13.2 Å². The smallest absolute Gasteiger partial charge is 0.266 e. The standard InChI is InChI=1S/C18H15ClF3N3O/c1-11(10-18(20,21)22)9-15-24-14-3-2-8-23-16(14)17(26)25(15)13-6-4-12(19)5-7-13/h2-8,11H,9-10H2,1H3. The summed E-state index contributed by atoms with van der Waals surface area (Å²) in [6, 6.07) is 9.71. The lowest BCUT2D eigenvalue weighted by Crippen LogP contribution is -2.26. The molecule has 1 atom stereocenters. The number of nitrogens with zero attached hydrogens (tertiary/aromatic N) is 3. The first-order valence-corrected chi connectivity index (χ1v) is 8.32. The van der Waals surface area contributed by atoms with Gasteiger partial charge in [0, 0.05) is 24.1 Å². The lowest BCUT2D eigenvalue weighted by Gasteiger charge is -2.17. The number of hydrogen-bond acceptors (Lipinski definition) is 3. The number of alkyl halides is 3. The van der Waals surface area contributed by atoms with Crippen molar-refractivity contribution in [2.24, 2.45) is 5.92 Å². The van der Waals surface area contributed by atoms with Gasteiger partial charge in [-0.05, 0) is 42.3 Å². The maximum atomic E-state index is 12.9. The molecule has 2 heterocycles. The number of pyridine rings is 1. The normalized spacial score (nSPS) is 13.1. The van der Waals surface area contributed by atoms with Crippen LogP contribution in [0.1, 0.15) is 19.2 Å². The van der Waals surface area contributed by atoms with Crippen molar-refractivity contribution < 1.29 is 13.2 Å². The van der Waals surface area contributed by atoms with E-state index in [0.717, 1.165) is 0 Å². The van der Waals surface area contributed by atoms with E-state index in [2.05, 4.69) is 9.97 Å². The van der Waals surface area contributed by atoms with Gasteiger partial charge in [0.15, 0.2) is 5.52 Å². The number of hydrogen-bond donors (Lipinski definition) is 0. The summed E-state index contributed by atoms with van der Waals surface area (Å²) < 4.78 is 39.4. The van der Waals surface area contributed by atoms with Crippen molar-refractivity contribution in [1.29, 1.82) is 0 Å². The first kappa shape index (κ1) is 18.4. The first-order chi connectivity index (χ1) is 12.2. The molecule has 0 spiro atoms. The number of aromatic nitrogens is 3. The van der Waals surface area contributed by atoms with E-state index in [1.807, 2.05) is 0 Å². The maximum Gasteiger partial charge on any atom is 0.389 e. The van der Waals surface area contributed by atoms with Crippen LogP contribution in [0.25, 0.3) is 16.7 Å². The van der Waals surface area contributed by atoms with Crippen LogP contribution in [-0.4, -0.2) is 20.7 Å². The number of fused-ring (bicyclic) bond motifs is 1. The molecule has 26 heavy (non-hydrogen) atoms. The van der Waals surface area contributed by atoms with Crippen LogP contribution >= 0.6 is 11.6 Å². The van der Waals surface area contributed by atoms with Gasteiger partial charge < -0.3 is 0 Å². The zero-order chi connectivity index (χ0) is 18.9. The highest BCUT2D eigenvalue weighted by Crippen LogP contribution is 2.27. The van der Waals surface area contributed by atoms with Gasteiger partial charge in [-0.2, -0.15) is 13.2 Å². The predicted molar refractivity (Wildman–Crippen MR) is 93.7 cm³/mol. The van der Waals surface area contributed by atoms with Crippen LogP contribution in [0, 0.1) is 5.92 Å². The Morgan fingerprint density at radius 1 is 1.19 bits per heavy atom. The molecular formula is C18H15ClF3N3O. The summed E-state index contributed by atoms with van der Waals surface area (Å²) in [6.07, 6.45) is -3.75. The minimum absolute atomic E-state index is 0.00219. The first-order valence-electron chi connectivity index (χ1n) is 7.94. The Morgan fingerprint density at radius 2 is 1.88 bits per heavy atom. The predicted octanol–water partition coefficient (Wildman–Crippen LogP) is 4.57. The monoisotopic (exact) mass is 381 g/mol. The summed E-state index contributed by atoms with van der Waals surface area (Å²) >= 11 is 5.89. The molecule has 0 amide bonds. The van der Waals surface area contributed by atoms with Crippen molar-refractivity contribution in [3.8, 4) is 5.69 Å². The highest BCUT2D eigenvalue weighted by atomic mass is 35.5. The molecule has 0 aliphatic carbocycles. The molecular weight excluding hydrogens is 367 g/mol. The van der Waals surface area contributed by atoms with Gasteiger partial charge in [0.05, 0.1) is 11.2 Å². The molecule has 136 valence electrons. The molecule has 3 rings (SSSR count). The van der Waals surface area contributed by atoms with Gasteiger partial charge in [-0.1, -0.05) is 18.5 Å². The van der Waals surface area contributed by atoms with E-state index in [0.29, 0.717) is 16.2 Å². The minimum atomic E-state index is -4.27. The molecule has 8 heteroatoms. The fourth-order valence-corrected chi connectivity index (χ4v) is 2.96. The third-order valence-electron chi connectivity index (χ3n) is 3.90. The molecule has 0 N–H and O–H groups in total. The molecule has 0 radical (unpaired) electrons. The van der Waals surface area contributed by atoms with E-state index < -0.39 is 24.1 Å². The molecule has 4 nitrogen and oxygen atoms in total. The second-order valence-electron chi connectivity index (χ2n) is 6.14. The van der Waals surface area contributed by atoms with Gasteiger partial charge in [0.25, 0.3) is 5.56 Å². The number of benzene rings is 1. The van der Waals surface area contributed by atoms with Crippen molar-refractivity contribution in [1.82, 2.24) is 14.5 Å². The third-order valence-corrected chi connectivity index (χ3v) is 4.15. The zero-order valence-electron chi connectivity index (χ0n) is 13.8. The van der Waals surface area contributed by atoms with E-state index in [-0.39, 0.29) is 17.8 Å². The Hall–Kier alpha value is -2.41. The summed E-state index contributed by atoms with van der Waals surface area (Å²) in [5.74, 6) is -0.468. The van der Waals surface area contributed by atoms with E-state index in [1.54, 1.807) is 36.4 Å². The molecule has 1 unspecified atom stereocenters. The Kier molecular flexibility index (Phi) is 5.00. The van der Waals surface area contributed by atoms with Gasteiger partial charge in [-0.15, -0.1) is 0 Å². The average Bonchev–Trinajstić information content (AvgIpc) is 2.55. The van der Waals surface area contributed by atoms with Crippen molar-refractivity contribution in [2.75, 3.05) is 0 Å². The van der Waals surface area contributed by atoms with Crippen molar-refractivity contribution >= 4 is 22.6 Å². The van der Waals surface area contributed by atoms with E-state index in [1.165, 1.54) is 17.7 Å². The molecule has 0 bridgehead atoms. The average molecular weight is 382 g/mol. The van der Waals surface area contributed by atoms with E-state index >= 15 is 0 Å². The van der Waals surface area contributed by atoms with Gasteiger partial charge in [-0.25, -0.2) is 9.97 Å². The van der Waals surface area contributed by atoms with Gasteiger partial charge in [0.1, 0.15) is 5.82 Å². The molecule has 0 saturated carbocycles. The topological polar surface area (TPSA) is 47.8 Å². The lowest BCUT2D eigenvalue weighted by atomic mass is 10.0.